The zero-order chi connectivity index (χ0) is 14.0. The lowest BCUT2D eigenvalue weighted by Crippen LogP contribution is -2.15. The summed E-state index contributed by atoms with van der Waals surface area (Å²) in [5.41, 5.74) is 0.634. The monoisotopic (exact) mass is 281 g/mol. The first-order chi connectivity index (χ1) is 8.90. The number of carboxylic acids is 1. The highest BCUT2D eigenvalue weighted by Crippen LogP contribution is 2.21. The van der Waals surface area contributed by atoms with E-state index in [-0.39, 0.29) is 16.1 Å². The van der Waals surface area contributed by atoms with Crippen LogP contribution in [0.3, 0.4) is 0 Å². The Balaban J connectivity index is 2.42. The molecule has 0 atom stereocenters. The topological polar surface area (TPSA) is 112 Å². The molecule has 100 valence electrons. The van der Waals surface area contributed by atoms with Crippen molar-refractivity contribution in [1.82, 2.24) is 10.2 Å². The van der Waals surface area contributed by atoms with E-state index in [9.17, 15) is 13.2 Å². The van der Waals surface area contributed by atoms with Gasteiger partial charge < -0.3 is 5.11 Å². The molecule has 0 aliphatic rings. The van der Waals surface area contributed by atoms with Crippen molar-refractivity contribution >= 4 is 21.7 Å². The number of rotatable bonds is 4. The van der Waals surface area contributed by atoms with E-state index < -0.39 is 16.0 Å². The van der Waals surface area contributed by atoms with Gasteiger partial charge in [0.05, 0.1) is 17.4 Å². The Morgan fingerprint density at radius 1 is 1.42 bits per heavy atom. The lowest BCUT2D eigenvalue weighted by molar-refractivity contribution is 0.0698. The molecule has 0 aliphatic heterocycles. The van der Waals surface area contributed by atoms with Crippen molar-refractivity contribution in [3.8, 4) is 0 Å². The van der Waals surface area contributed by atoms with Crippen molar-refractivity contribution in [2.24, 2.45) is 0 Å². The standard InChI is InChI=1S/C11H11N3O4S/c1-7-2-3-10(9(4-7)11(15)16)14-19(17,18)8-5-12-13-6-8/h2-6,14H,1H3,(H,12,13)(H,15,16). The number of nitrogens with one attached hydrogen (secondary N) is 2. The SMILES string of the molecule is Cc1ccc(NS(=O)(=O)c2cn[nH]c2)c(C(=O)O)c1. The van der Waals surface area contributed by atoms with Crippen LogP contribution in [0, 0.1) is 6.92 Å². The average Bonchev–Trinajstić information content (AvgIpc) is 2.85. The predicted octanol–water partition coefficient (Wildman–Crippen LogP) is 1.22. The zero-order valence-corrected chi connectivity index (χ0v) is 10.7. The first-order valence-corrected chi connectivity index (χ1v) is 6.74. The minimum absolute atomic E-state index is 0.0132. The van der Waals surface area contributed by atoms with E-state index in [2.05, 4.69) is 14.9 Å². The van der Waals surface area contributed by atoms with Gasteiger partial charge in [0.1, 0.15) is 4.90 Å². The number of aryl methyl sites for hydroxylation is 1. The maximum atomic E-state index is 12.0. The molecule has 0 amide bonds. The number of anilines is 1. The van der Waals surface area contributed by atoms with Crippen molar-refractivity contribution in [2.45, 2.75) is 11.8 Å². The van der Waals surface area contributed by atoms with E-state index in [0.717, 1.165) is 11.8 Å². The second kappa shape index (κ2) is 4.73. The largest absolute Gasteiger partial charge is 0.478 e. The maximum absolute atomic E-state index is 12.0. The minimum atomic E-state index is -3.85. The van der Waals surface area contributed by atoms with Gasteiger partial charge in [0.2, 0.25) is 0 Å². The maximum Gasteiger partial charge on any atom is 0.337 e. The lowest BCUT2D eigenvalue weighted by Gasteiger charge is -2.09. The summed E-state index contributed by atoms with van der Waals surface area (Å²) in [5, 5.41) is 15.0. The van der Waals surface area contributed by atoms with Crippen molar-refractivity contribution in [1.29, 1.82) is 0 Å². The Bertz CT molecular complexity index is 708. The molecule has 0 radical (unpaired) electrons. The molecule has 7 nitrogen and oxygen atoms in total. The Morgan fingerprint density at radius 3 is 2.74 bits per heavy atom. The molecule has 1 aromatic carbocycles. The summed E-state index contributed by atoms with van der Waals surface area (Å²) in [6.45, 7) is 1.72. The minimum Gasteiger partial charge on any atom is -0.478 e. The Hall–Kier alpha value is -2.35. The Kier molecular flexibility index (Phi) is 3.26. The third kappa shape index (κ3) is 2.74. The Morgan fingerprint density at radius 2 is 2.16 bits per heavy atom. The summed E-state index contributed by atoms with van der Waals surface area (Å²) in [5.74, 6) is -1.20. The fraction of sp³-hybridized carbons (Fsp3) is 0.0909. The van der Waals surface area contributed by atoms with Crippen LogP contribution in [0.15, 0.2) is 35.5 Å². The molecule has 0 saturated carbocycles. The number of sulfonamides is 1. The molecule has 0 unspecified atom stereocenters. The number of H-pyrrole nitrogens is 1. The Labute approximate surface area is 109 Å². The number of carboxylic acid groups (broad SMARTS) is 1. The number of aromatic amines is 1. The van der Waals surface area contributed by atoms with E-state index in [1.807, 2.05) is 0 Å². The van der Waals surface area contributed by atoms with Crippen LogP contribution in [0.4, 0.5) is 5.69 Å². The number of carbonyl (C=O) groups is 1. The molecule has 0 saturated heterocycles. The smallest absolute Gasteiger partial charge is 0.337 e. The van der Waals surface area contributed by atoms with Gasteiger partial charge in [-0.05, 0) is 19.1 Å². The first-order valence-electron chi connectivity index (χ1n) is 5.26. The number of hydrogen-bond acceptors (Lipinski definition) is 4. The number of benzene rings is 1. The van der Waals surface area contributed by atoms with Gasteiger partial charge in [-0.15, -0.1) is 0 Å². The predicted molar refractivity (Wildman–Crippen MR) is 67.5 cm³/mol. The van der Waals surface area contributed by atoms with Crippen LogP contribution >= 0.6 is 0 Å². The van der Waals surface area contributed by atoms with Gasteiger partial charge in [-0.25, -0.2) is 13.2 Å². The van der Waals surface area contributed by atoms with Gasteiger partial charge in [0.15, 0.2) is 0 Å². The summed E-state index contributed by atoms with van der Waals surface area (Å²) in [7, 11) is -3.85. The molecule has 0 bridgehead atoms. The van der Waals surface area contributed by atoms with Gasteiger partial charge in [-0.2, -0.15) is 5.10 Å². The van der Waals surface area contributed by atoms with Gasteiger partial charge in [0, 0.05) is 6.20 Å². The molecular weight excluding hydrogens is 270 g/mol. The van der Waals surface area contributed by atoms with Crippen LogP contribution in [0.1, 0.15) is 15.9 Å². The lowest BCUT2D eigenvalue weighted by atomic mass is 10.1. The highest BCUT2D eigenvalue weighted by Gasteiger charge is 2.19. The second-order valence-electron chi connectivity index (χ2n) is 3.89. The average molecular weight is 281 g/mol. The number of hydrogen-bond donors (Lipinski definition) is 3. The van der Waals surface area contributed by atoms with Crippen LogP contribution in [0.2, 0.25) is 0 Å². The van der Waals surface area contributed by atoms with E-state index in [4.69, 9.17) is 5.11 Å². The summed E-state index contributed by atoms with van der Waals surface area (Å²) >= 11 is 0. The summed E-state index contributed by atoms with van der Waals surface area (Å²) in [6, 6.07) is 4.44. The first kappa shape index (κ1) is 13.1. The van der Waals surface area contributed by atoms with Crippen molar-refractivity contribution in [3.05, 3.63) is 41.7 Å². The van der Waals surface area contributed by atoms with Crippen molar-refractivity contribution in [2.75, 3.05) is 4.72 Å². The van der Waals surface area contributed by atoms with Crippen LogP contribution in [0.5, 0.6) is 0 Å². The second-order valence-corrected chi connectivity index (χ2v) is 5.58. The quantitative estimate of drug-likeness (QED) is 0.780. The summed E-state index contributed by atoms with van der Waals surface area (Å²) in [6.07, 6.45) is 2.34. The summed E-state index contributed by atoms with van der Waals surface area (Å²) < 4.78 is 26.1. The highest BCUT2D eigenvalue weighted by molar-refractivity contribution is 7.92. The van der Waals surface area contributed by atoms with Crippen molar-refractivity contribution < 1.29 is 18.3 Å². The molecular formula is C11H11N3O4S. The fourth-order valence-electron chi connectivity index (χ4n) is 1.51. The molecule has 1 aromatic heterocycles. The fourth-order valence-corrected chi connectivity index (χ4v) is 2.50. The third-order valence-electron chi connectivity index (χ3n) is 2.43. The van der Waals surface area contributed by atoms with E-state index >= 15 is 0 Å². The molecule has 0 spiro atoms. The third-order valence-corrected chi connectivity index (χ3v) is 3.77. The van der Waals surface area contributed by atoms with Crippen LogP contribution < -0.4 is 4.72 Å². The van der Waals surface area contributed by atoms with Gasteiger partial charge in [-0.3, -0.25) is 9.82 Å². The van der Waals surface area contributed by atoms with Crippen LogP contribution in [0.25, 0.3) is 0 Å². The molecule has 0 fully saturated rings. The molecule has 3 N–H and O–H groups in total. The van der Waals surface area contributed by atoms with Gasteiger partial charge in [0.25, 0.3) is 10.0 Å². The molecule has 0 aliphatic carbocycles. The molecule has 1 heterocycles. The molecule has 19 heavy (non-hydrogen) atoms. The van der Waals surface area contributed by atoms with Crippen molar-refractivity contribution in [3.63, 3.8) is 0 Å². The number of nitrogens with zero attached hydrogens (tertiary/aromatic N) is 1. The molecule has 8 heteroatoms. The highest BCUT2D eigenvalue weighted by atomic mass is 32.2. The van der Waals surface area contributed by atoms with Gasteiger partial charge in [-0.1, -0.05) is 11.6 Å². The normalized spacial score (nSPS) is 11.2. The summed E-state index contributed by atoms with van der Waals surface area (Å²) in [4.78, 5) is 11.0. The molecule has 2 aromatic rings. The van der Waals surface area contributed by atoms with Crippen LogP contribution in [-0.4, -0.2) is 29.7 Å². The zero-order valence-electron chi connectivity index (χ0n) is 9.91. The van der Waals surface area contributed by atoms with Gasteiger partial charge >= 0.3 is 5.97 Å². The van der Waals surface area contributed by atoms with E-state index in [1.165, 1.54) is 18.3 Å². The van der Waals surface area contributed by atoms with E-state index in [1.54, 1.807) is 13.0 Å². The number of aromatic carboxylic acids is 1. The molecule has 2 rings (SSSR count). The van der Waals surface area contributed by atoms with Crippen LogP contribution in [-0.2, 0) is 10.0 Å². The number of aromatic nitrogens is 2. The van der Waals surface area contributed by atoms with E-state index in [0.29, 0.717) is 0 Å².